The van der Waals surface area contributed by atoms with E-state index in [1.54, 1.807) is 24.5 Å². The number of hydrogen-bond donors (Lipinski definition) is 3. The summed E-state index contributed by atoms with van der Waals surface area (Å²) in [6, 6.07) is 14.9. The van der Waals surface area contributed by atoms with Gasteiger partial charge in [0, 0.05) is 48.4 Å². The molecule has 1 aliphatic heterocycles. The van der Waals surface area contributed by atoms with Crippen LogP contribution in [0.3, 0.4) is 0 Å². The van der Waals surface area contributed by atoms with Crippen LogP contribution in [0.1, 0.15) is 32.3 Å². The first-order chi connectivity index (χ1) is 18.6. The fourth-order valence-corrected chi connectivity index (χ4v) is 5.30. The van der Waals surface area contributed by atoms with Crippen LogP contribution in [0, 0.1) is 0 Å². The molecule has 3 rings (SSSR count). The van der Waals surface area contributed by atoms with Crippen LogP contribution >= 0.6 is 24.6 Å². The number of methoxy groups -OCH3 is 1. The molecular weight excluding hydrogens is 512 g/mol. The van der Waals surface area contributed by atoms with Crippen molar-refractivity contribution in [2.45, 2.75) is 32.7 Å². The van der Waals surface area contributed by atoms with Crippen molar-refractivity contribution in [2.75, 3.05) is 49.2 Å². The van der Waals surface area contributed by atoms with E-state index in [1.807, 2.05) is 48.7 Å². The Morgan fingerprint density at radius 1 is 1.21 bits per heavy atom. The topological polar surface area (TPSA) is 64.5 Å². The van der Waals surface area contributed by atoms with E-state index in [0.717, 1.165) is 48.8 Å². The van der Waals surface area contributed by atoms with Crippen molar-refractivity contribution in [3.05, 3.63) is 65.2 Å². The molecule has 0 unspecified atom stereocenters. The Bertz CT molecular complexity index is 1140. The van der Waals surface area contributed by atoms with E-state index >= 15 is 0 Å². The largest absolute Gasteiger partial charge is 0.494 e. The standard InChI is InChI=1S/C29H40N6OS2/c1-6-34(7-2)24-14-17-35(18-15-24)25-12-13-27(28(21-25)36-4)32-29(30-3)31-23(16-19-37)20-22-10-8-9-11-26(22)33-38-5/h8-13,16,19-21,24,33,37H,3,6-7,14-15,17-18H2,1-2,4-5H3,(H,31,32)/b19-16-,23-20-. The van der Waals surface area contributed by atoms with Gasteiger partial charge in [0.2, 0.25) is 5.96 Å². The molecule has 38 heavy (non-hydrogen) atoms. The van der Waals surface area contributed by atoms with E-state index in [0.29, 0.717) is 23.4 Å². The second-order valence-corrected chi connectivity index (χ2v) is 9.73. The van der Waals surface area contributed by atoms with E-state index in [1.165, 1.54) is 12.8 Å². The molecule has 2 aromatic carbocycles. The van der Waals surface area contributed by atoms with Crippen LogP contribution in [-0.4, -0.2) is 63.2 Å². The molecule has 0 saturated carbocycles. The number of guanidine groups is 1. The minimum Gasteiger partial charge on any atom is -0.494 e. The van der Waals surface area contributed by atoms with E-state index in [-0.39, 0.29) is 0 Å². The summed E-state index contributed by atoms with van der Waals surface area (Å²) in [6.07, 6.45) is 8.19. The molecule has 0 radical (unpaired) electrons. The molecule has 9 heteroatoms. The van der Waals surface area contributed by atoms with Crippen LogP contribution in [-0.2, 0) is 0 Å². The Morgan fingerprint density at radius 3 is 2.58 bits per heavy atom. The van der Waals surface area contributed by atoms with E-state index in [9.17, 15) is 0 Å². The first-order valence-corrected chi connectivity index (χ1v) is 14.7. The van der Waals surface area contributed by atoms with Gasteiger partial charge in [-0.15, -0.1) is 0 Å². The zero-order valence-corrected chi connectivity index (χ0v) is 24.6. The molecule has 0 bridgehead atoms. The number of allylic oxidation sites excluding steroid dienone is 1. The summed E-state index contributed by atoms with van der Waals surface area (Å²) in [5.41, 5.74) is 4.63. The highest BCUT2D eigenvalue weighted by Crippen LogP contribution is 2.34. The summed E-state index contributed by atoms with van der Waals surface area (Å²) in [6.45, 7) is 12.5. The minimum atomic E-state index is 0.365. The zero-order chi connectivity index (χ0) is 27.3. The maximum atomic E-state index is 5.72. The van der Waals surface area contributed by atoms with Crippen LogP contribution in [0.15, 0.2) is 69.6 Å². The smallest absolute Gasteiger partial charge is 0.227 e. The molecule has 2 N–H and O–H groups in total. The average molecular weight is 553 g/mol. The Kier molecular flexibility index (Phi) is 12.1. The lowest BCUT2D eigenvalue weighted by atomic mass is 10.0. The van der Waals surface area contributed by atoms with Gasteiger partial charge < -0.3 is 24.6 Å². The number of benzene rings is 2. The molecule has 0 aromatic heterocycles. The van der Waals surface area contributed by atoms with Crippen molar-refractivity contribution in [1.29, 1.82) is 0 Å². The lowest BCUT2D eigenvalue weighted by Crippen LogP contribution is -2.44. The quantitative estimate of drug-likeness (QED) is 0.0978. The first-order valence-electron chi connectivity index (χ1n) is 13.0. The number of nitrogens with one attached hydrogen (secondary N) is 2. The van der Waals surface area contributed by atoms with Crippen molar-refractivity contribution < 1.29 is 4.74 Å². The lowest BCUT2D eigenvalue weighted by molar-refractivity contribution is 0.186. The maximum absolute atomic E-state index is 5.72. The van der Waals surface area contributed by atoms with Gasteiger partial charge in [0.15, 0.2) is 0 Å². The van der Waals surface area contributed by atoms with Crippen molar-refractivity contribution >= 4 is 60.4 Å². The molecule has 204 valence electrons. The zero-order valence-electron chi connectivity index (χ0n) is 22.9. The third-order valence-corrected chi connectivity index (χ3v) is 7.26. The third-order valence-electron chi connectivity index (χ3n) is 6.69. The normalized spacial score (nSPS) is 15.3. The summed E-state index contributed by atoms with van der Waals surface area (Å²) in [4.78, 5) is 13.8. The number of para-hydroxylation sites is 1. The van der Waals surface area contributed by atoms with Gasteiger partial charge in [0.25, 0.3) is 0 Å². The molecule has 0 spiro atoms. The minimum absolute atomic E-state index is 0.365. The number of hydrogen-bond acceptors (Lipinski definition) is 7. The Morgan fingerprint density at radius 2 is 1.95 bits per heavy atom. The van der Waals surface area contributed by atoms with Crippen molar-refractivity contribution in [3.8, 4) is 5.75 Å². The lowest BCUT2D eigenvalue weighted by Gasteiger charge is -2.38. The number of ether oxygens (including phenoxy) is 1. The maximum Gasteiger partial charge on any atom is 0.227 e. The van der Waals surface area contributed by atoms with Crippen LogP contribution in [0.4, 0.5) is 17.1 Å². The summed E-state index contributed by atoms with van der Waals surface area (Å²) >= 11 is 5.81. The van der Waals surface area contributed by atoms with Crippen LogP contribution < -0.4 is 19.7 Å². The van der Waals surface area contributed by atoms with Crippen molar-refractivity contribution in [2.24, 2.45) is 9.98 Å². The summed E-state index contributed by atoms with van der Waals surface area (Å²) in [5.74, 6) is 1.06. The van der Waals surface area contributed by atoms with Crippen LogP contribution in [0.2, 0.25) is 0 Å². The van der Waals surface area contributed by atoms with Crippen molar-refractivity contribution in [3.63, 3.8) is 0 Å². The van der Waals surface area contributed by atoms with Gasteiger partial charge in [-0.05, 0) is 68.4 Å². The molecule has 1 fully saturated rings. The summed E-state index contributed by atoms with van der Waals surface area (Å²) in [7, 11) is 1.67. The Hall–Kier alpha value is -2.88. The monoisotopic (exact) mass is 552 g/mol. The number of nitrogens with zero attached hydrogens (tertiary/aromatic N) is 4. The van der Waals surface area contributed by atoms with Gasteiger partial charge >= 0.3 is 0 Å². The van der Waals surface area contributed by atoms with Gasteiger partial charge in [-0.1, -0.05) is 44.0 Å². The van der Waals surface area contributed by atoms with Crippen LogP contribution in [0.5, 0.6) is 5.75 Å². The summed E-state index contributed by atoms with van der Waals surface area (Å²) < 4.78 is 9.03. The fourth-order valence-electron chi connectivity index (χ4n) is 4.73. The highest BCUT2D eigenvalue weighted by molar-refractivity contribution is 7.99. The molecule has 1 saturated heterocycles. The SMILES string of the molecule is C=NC(=Nc1ccc(N2CCC(N(CC)CC)CC2)cc1OC)NC(/C=C\S)=C\c1ccccc1NSC. The van der Waals surface area contributed by atoms with E-state index in [2.05, 4.69) is 70.2 Å². The second kappa shape index (κ2) is 15.5. The number of piperidine rings is 1. The Labute approximate surface area is 237 Å². The molecule has 1 aliphatic rings. The Balaban J connectivity index is 1.80. The highest BCUT2D eigenvalue weighted by atomic mass is 32.2. The van der Waals surface area contributed by atoms with Gasteiger partial charge in [0.1, 0.15) is 11.4 Å². The predicted molar refractivity (Wildman–Crippen MR) is 171 cm³/mol. The van der Waals surface area contributed by atoms with Crippen molar-refractivity contribution in [1.82, 2.24) is 10.2 Å². The predicted octanol–water partition coefficient (Wildman–Crippen LogP) is 6.46. The van der Waals surface area contributed by atoms with Gasteiger partial charge in [0.05, 0.1) is 12.8 Å². The molecular formula is C29H40N6OS2. The van der Waals surface area contributed by atoms with E-state index in [4.69, 9.17) is 9.73 Å². The molecule has 1 heterocycles. The number of aliphatic imine (C=N–C) groups is 2. The fraction of sp³-hybridized carbons (Fsp3) is 0.379. The van der Waals surface area contributed by atoms with Gasteiger partial charge in [-0.2, -0.15) is 12.6 Å². The molecule has 0 amide bonds. The number of rotatable bonds is 11. The summed E-state index contributed by atoms with van der Waals surface area (Å²) in [5, 5.41) is 4.94. The van der Waals surface area contributed by atoms with Crippen LogP contribution in [0.25, 0.3) is 6.08 Å². The molecule has 2 aromatic rings. The second-order valence-electron chi connectivity index (χ2n) is 8.82. The van der Waals surface area contributed by atoms with E-state index < -0.39 is 0 Å². The molecule has 0 aliphatic carbocycles. The highest BCUT2D eigenvalue weighted by Gasteiger charge is 2.23. The van der Waals surface area contributed by atoms with Gasteiger partial charge in [-0.3, -0.25) is 0 Å². The average Bonchev–Trinajstić information content (AvgIpc) is 2.95. The first kappa shape index (κ1) is 29.7. The van der Waals surface area contributed by atoms with Gasteiger partial charge in [-0.25, -0.2) is 9.98 Å². The molecule has 7 nitrogen and oxygen atoms in total. The third kappa shape index (κ3) is 8.06. The number of anilines is 2. The number of thiol groups is 1. The molecule has 0 atom stereocenters.